The number of thioether (sulfide) groups is 1. The van der Waals surface area contributed by atoms with Gasteiger partial charge in [0.15, 0.2) is 12.1 Å². The third kappa shape index (κ3) is 2.39. The van der Waals surface area contributed by atoms with Crippen molar-refractivity contribution in [2.75, 3.05) is 25.4 Å². The quantitative estimate of drug-likeness (QED) is 0.367. The predicted molar refractivity (Wildman–Crippen MR) is 84.8 cm³/mol. The second kappa shape index (κ2) is 5.91. The highest BCUT2D eigenvalue weighted by Crippen LogP contribution is 2.38. The Bertz CT molecular complexity index is 582. The second-order valence-electron chi connectivity index (χ2n) is 5.92. The Kier molecular flexibility index (Phi) is 4.12. The van der Waals surface area contributed by atoms with E-state index in [1.54, 1.807) is 11.8 Å². The minimum atomic E-state index is -0.331. The Morgan fingerprint density at radius 3 is 2.91 bits per heavy atom. The first-order valence-corrected chi connectivity index (χ1v) is 8.43. The molecule has 2 fully saturated rings. The molecule has 7 heteroatoms. The molecule has 3 atom stereocenters. The third-order valence-electron chi connectivity index (χ3n) is 4.76. The zero-order valence-corrected chi connectivity index (χ0v) is 13.4. The minimum Gasteiger partial charge on any atom is -0.318 e. The molecule has 2 heterocycles. The summed E-state index contributed by atoms with van der Waals surface area (Å²) in [5, 5.41) is 0.0525. The number of hydrazine groups is 1. The third-order valence-corrected chi connectivity index (χ3v) is 6.21. The number of carbonyl (C=O) groups is 2. The summed E-state index contributed by atoms with van der Waals surface area (Å²) in [5.74, 6) is 5.79. The van der Waals surface area contributed by atoms with E-state index in [0.29, 0.717) is 18.8 Å². The van der Waals surface area contributed by atoms with Crippen LogP contribution in [-0.4, -0.2) is 47.5 Å². The fourth-order valence-electron chi connectivity index (χ4n) is 3.51. The van der Waals surface area contributed by atoms with Crippen molar-refractivity contribution < 1.29 is 14.5 Å². The highest BCUT2D eigenvalue weighted by atomic mass is 32.2. The van der Waals surface area contributed by atoms with Gasteiger partial charge >= 0.3 is 0 Å². The highest BCUT2D eigenvalue weighted by Gasteiger charge is 2.55. The van der Waals surface area contributed by atoms with Gasteiger partial charge in [0.25, 0.3) is 5.91 Å². The van der Waals surface area contributed by atoms with Crippen LogP contribution in [0.4, 0.5) is 0 Å². The average Bonchev–Trinajstić information content (AvgIpc) is 2.93. The number of hydrogen-bond acceptors (Lipinski definition) is 4. The van der Waals surface area contributed by atoms with Crippen molar-refractivity contribution in [3.05, 3.63) is 35.9 Å². The molecule has 1 aromatic rings. The molecule has 1 unspecified atom stereocenters. The van der Waals surface area contributed by atoms with Crippen molar-refractivity contribution in [2.45, 2.75) is 17.8 Å². The normalized spacial score (nSPS) is 31.0. The summed E-state index contributed by atoms with van der Waals surface area (Å²) in [7, 11) is 0. The van der Waals surface area contributed by atoms with Crippen LogP contribution in [0.15, 0.2) is 30.3 Å². The summed E-state index contributed by atoms with van der Waals surface area (Å²) in [6.07, 6.45) is 0. The molecule has 22 heavy (non-hydrogen) atoms. The lowest BCUT2D eigenvalue weighted by Gasteiger charge is -2.48. The lowest BCUT2D eigenvalue weighted by Crippen LogP contribution is -3.23. The molecule has 2 aliphatic rings. The SMILES string of the molecule is C[C@@]1(c2ccccc2)[C@@H]2SCC(=O)N2CC[NH+]1CC(=O)NN. The van der Waals surface area contributed by atoms with Crippen LogP contribution in [0.3, 0.4) is 0 Å². The number of amides is 2. The van der Waals surface area contributed by atoms with Crippen molar-refractivity contribution in [3.63, 3.8) is 0 Å². The van der Waals surface area contributed by atoms with Crippen LogP contribution in [0.1, 0.15) is 12.5 Å². The number of nitrogens with zero attached hydrogens (tertiary/aromatic N) is 1. The topological polar surface area (TPSA) is 79.9 Å². The summed E-state index contributed by atoms with van der Waals surface area (Å²) in [6, 6.07) is 10.1. The van der Waals surface area contributed by atoms with Gasteiger partial charge in [-0.05, 0) is 6.92 Å². The smallest absolute Gasteiger partial charge is 0.289 e. The number of rotatable bonds is 3. The molecular weight excluding hydrogens is 300 g/mol. The van der Waals surface area contributed by atoms with E-state index < -0.39 is 0 Å². The van der Waals surface area contributed by atoms with E-state index in [0.717, 1.165) is 17.0 Å². The van der Waals surface area contributed by atoms with Gasteiger partial charge in [-0.3, -0.25) is 15.0 Å². The van der Waals surface area contributed by atoms with Crippen LogP contribution in [0, 0.1) is 0 Å². The van der Waals surface area contributed by atoms with Gasteiger partial charge in [0, 0.05) is 5.56 Å². The Morgan fingerprint density at radius 1 is 1.50 bits per heavy atom. The fraction of sp³-hybridized carbons (Fsp3) is 0.467. The molecule has 1 aromatic carbocycles. The molecule has 118 valence electrons. The van der Waals surface area contributed by atoms with Gasteiger partial charge < -0.3 is 9.80 Å². The number of fused-ring (bicyclic) bond motifs is 1. The van der Waals surface area contributed by atoms with Gasteiger partial charge in [-0.15, -0.1) is 11.8 Å². The van der Waals surface area contributed by atoms with Gasteiger partial charge in [0.2, 0.25) is 5.91 Å². The second-order valence-corrected chi connectivity index (χ2v) is 6.99. The van der Waals surface area contributed by atoms with E-state index in [9.17, 15) is 9.59 Å². The van der Waals surface area contributed by atoms with Gasteiger partial charge in [-0.2, -0.15) is 0 Å². The average molecular weight is 321 g/mol. The van der Waals surface area contributed by atoms with E-state index in [1.165, 1.54) is 0 Å². The van der Waals surface area contributed by atoms with Crippen LogP contribution in [-0.2, 0) is 15.1 Å². The number of nitrogens with one attached hydrogen (secondary N) is 2. The number of quaternary nitrogens is 1. The predicted octanol–water partition coefficient (Wildman–Crippen LogP) is -1.31. The molecule has 0 bridgehead atoms. The molecule has 0 radical (unpaired) electrons. The molecule has 0 aromatic heterocycles. The first-order valence-electron chi connectivity index (χ1n) is 7.38. The number of hydrogen-bond donors (Lipinski definition) is 3. The standard InChI is InChI=1S/C15H20N4O2S/c1-15(11-5-3-2-4-6-11)14-19(13(21)10-22-14)8-7-18(15)9-12(20)17-16/h2-6,14H,7-10,16H2,1H3,(H,17,20)/p+1/t14-,15+/m0/s1. The van der Waals surface area contributed by atoms with Crippen LogP contribution in [0.2, 0.25) is 0 Å². The fourth-order valence-corrected chi connectivity index (χ4v) is 5.02. The van der Waals surface area contributed by atoms with Gasteiger partial charge in [-0.25, -0.2) is 5.84 Å². The van der Waals surface area contributed by atoms with E-state index in [4.69, 9.17) is 5.84 Å². The minimum absolute atomic E-state index is 0.0525. The molecule has 0 spiro atoms. The van der Waals surface area contributed by atoms with Crippen molar-refractivity contribution in [1.82, 2.24) is 10.3 Å². The molecule has 2 saturated heterocycles. The molecule has 4 N–H and O–H groups in total. The Labute approximate surface area is 134 Å². The van der Waals surface area contributed by atoms with Crippen LogP contribution >= 0.6 is 11.8 Å². The van der Waals surface area contributed by atoms with Crippen molar-refractivity contribution >= 4 is 23.6 Å². The van der Waals surface area contributed by atoms with E-state index in [1.807, 2.05) is 23.1 Å². The first-order chi connectivity index (χ1) is 10.6. The number of carbonyl (C=O) groups excluding carboxylic acids is 2. The molecular formula is C15H21N4O2S+. The van der Waals surface area contributed by atoms with E-state index >= 15 is 0 Å². The lowest BCUT2D eigenvalue weighted by molar-refractivity contribution is -0.958. The molecule has 2 amide bonds. The summed E-state index contributed by atoms with van der Waals surface area (Å²) in [6.45, 7) is 3.87. The van der Waals surface area contributed by atoms with Gasteiger partial charge in [0.1, 0.15) is 5.37 Å². The molecule has 0 saturated carbocycles. The van der Waals surface area contributed by atoms with Crippen molar-refractivity contribution in [3.8, 4) is 0 Å². The number of benzene rings is 1. The number of nitrogens with two attached hydrogens (primary N) is 1. The van der Waals surface area contributed by atoms with Crippen LogP contribution < -0.4 is 16.2 Å². The summed E-state index contributed by atoms with van der Waals surface area (Å²) in [5.41, 5.74) is 3.04. The summed E-state index contributed by atoms with van der Waals surface area (Å²) < 4.78 is 0. The van der Waals surface area contributed by atoms with Crippen molar-refractivity contribution in [1.29, 1.82) is 0 Å². The molecule has 3 rings (SSSR count). The van der Waals surface area contributed by atoms with Gasteiger partial charge in [-0.1, -0.05) is 30.3 Å². The maximum absolute atomic E-state index is 12.1. The lowest BCUT2D eigenvalue weighted by atomic mass is 9.87. The van der Waals surface area contributed by atoms with Gasteiger partial charge in [0.05, 0.1) is 18.8 Å². The molecule has 2 aliphatic heterocycles. The Balaban J connectivity index is 2.00. The number of piperazine rings is 1. The maximum atomic E-state index is 12.1. The largest absolute Gasteiger partial charge is 0.318 e. The summed E-state index contributed by atoms with van der Waals surface area (Å²) >= 11 is 1.67. The Morgan fingerprint density at radius 2 is 2.23 bits per heavy atom. The first kappa shape index (κ1) is 15.3. The zero-order chi connectivity index (χ0) is 15.7. The highest BCUT2D eigenvalue weighted by molar-refractivity contribution is 8.01. The van der Waals surface area contributed by atoms with E-state index in [2.05, 4.69) is 24.5 Å². The molecule has 0 aliphatic carbocycles. The van der Waals surface area contributed by atoms with Crippen LogP contribution in [0.25, 0.3) is 0 Å². The zero-order valence-electron chi connectivity index (χ0n) is 12.5. The maximum Gasteiger partial charge on any atom is 0.289 e. The monoisotopic (exact) mass is 321 g/mol. The van der Waals surface area contributed by atoms with Crippen LogP contribution in [0.5, 0.6) is 0 Å². The van der Waals surface area contributed by atoms with Crippen molar-refractivity contribution in [2.24, 2.45) is 5.84 Å². The summed E-state index contributed by atoms with van der Waals surface area (Å²) in [4.78, 5) is 27.0. The van der Waals surface area contributed by atoms with E-state index in [-0.39, 0.29) is 22.7 Å². The molecule has 6 nitrogen and oxygen atoms in total. The Hall–Kier alpha value is -1.57.